The van der Waals surface area contributed by atoms with Crippen molar-refractivity contribution >= 4 is 39.5 Å². The van der Waals surface area contributed by atoms with E-state index in [0.29, 0.717) is 10.9 Å². The molecule has 8 heteroatoms. The second-order valence-corrected chi connectivity index (χ2v) is 6.70. The van der Waals surface area contributed by atoms with Crippen LogP contribution in [-0.4, -0.2) is 35.3 Å². The molecule has 0 spiro atoms. The Morgan fingerprint density at radius 2 is 1.92 bits per heavy atom. The smallest absolute Gasteiger partial charge is 0.325 e. The van der Waals surface area contributed by atoms with E-state index in [4.69, 9.17) is 0 Å². The van der Waals surface area contributed by atoms with Gasteiger partial charge in [0.05, 0.1) is 5.69 Å². The number of benzene rings is 2. The minimum Gasteiger partial charge on any atom is -0.325 e. The molecule has 2 aromatic carbocycles. The second kappa shape index (κ2) is 7.65. The molecule has 1 aliphatic rings. The first-order valence-corrected chi connectivity index (χ1v) is 8.64. The number of carbonyl (C=O) groups is 3. The van der Waals surface area contributed by atoms with E-state index in [2.05, 4.69) is 26.6 Å². The molecule has 0 unspecified atom stereocenters. The summed E-state index contributed by atoms with van der Waals surface area (Å²) in [7, 11) is 0. The lowest BCUT2D eigenvalue weighted by atomic mass is 10.1. The van der Waals surface area contributed by atoms with Crippen LogP contribution < -0.4 is 10.6 Å². The Morgan fingerprint density at radius 1 is 1.19 bits per heavy atom. The number of carbonyl (C=O) groups excluding carboxylic acids is 3. The Hall–Kier alpha value is -2.74. The molecule has 1 atom stereocenters. The highest BCUT2D eigenvalue weighted by atomic mass is 79.9. The lowest BCUT2D eigenvalue weighted by Gasteiger charge is -2.13. The number of urea groups is 1. The van der Waals surface area contributed by atoms with Gasteiger partial charge in [0.2, 0.25) is 5.91 Å². The van der Waals surface area contributed by atoms with Crippen molar-refractivity contribution in [2.24, 2.45) is 0 Å². The highest BCUT2D eigenvalue weighted by molar-refractivity contribution is 9.10. The number of imide groups is 1. The van der Waals surface area contributed by atoms with Gasteiger partial charge in [-0.2, -0.15) is 0 Å². The van der Waals surface area contributed by atoms with E-state index >= 15 is 0 Å². The zero-order valence-corrected chi connectivity index (χ0v) is 15.1. The topological polar surface area (TPSA) is 78.5 Å². The maximum Gasteiger partial charge on any atom is 0.325 e. The molecule has 2 N–H and O–H groups in total. The van der Waals surface area contributed by atoms with Crippen molar-refractivity contribution in [2.75, 3.05) is 11.9 Å². The van der Waals surface area contributed by atoms with Gasteiger partial charge in [-0.25, -0.2) is 9.18 Å². The van der Waals surface area contributed by atoms with Gasteiger partial charge in [0.25, 0.3) is 5.91 Å². The number of hydrogen-bond acceptors (Lipinski definition) is 3. The quantitative estimate of drug-likeness (QED) is 0.731. The van der Waals surface area contributed by atoms with E-state index in [1.165, 1.54) is 12.1 Å². The highest BCUT2D eigenvalue weighted by Crippen LogP contribution is 2.19. The molecule has 1 aliphatic heterocycles. The van der Waals surface area contributed by atoms with Crippen LogP contribution in [0.5, 0.6) is 0 Å². The summed E-state index contributed by atoms with van der Waals surface area (Å²) in [4.78, 5) is 37.4. The lowest BCUT2D eigenvalue weighted by Crippen LogP contribution is -2.38. The fourth-order valence-corrected chi connectivity index (χ4v) is 2.97. The molecule has 26 heavy (non-hydrogen) atoms. The van der Waals surface area contributed by atoms with Crippen LogP contribution in [0.15, 0.2) is 53.0 Å². The second-order valence-electron chi connectivity index (χ2n) is 5.79. The zero-order chi connectivity index (χ0) is 18.7. The zero-order valence-electron chi connectivity index (χ0n) is 13.5. The van der Waals surface area contributed by atoms with Gasteiger partial charge in [-0.1, -0.05) is 46.3 Å². The average Bonchev–Trinajstić information content (AvgIpc) is 2.86. The maximum atomic E-state index is 13.8. The van der Waals surface area contributed by atoms with Crippen LogP contribution in [0.4, 0.5) is 14.9 Å². The van der Waals surface area contributed by atoms with Gasteiger partial charge in [0.15, 0.2) is 0 Å². The third-order valence-corrected chi connectivity index (χ3v) is 4.39. The maximum absolute atomic E-state index is 13.8. The molecule has 1 fully saturated rings. The third kappa shape index (κ3) is 4.08. The van der Waals surface area contributed by atoms with Crippen LogP contribution in [0.25, 0.3) is 0 Å². The number of halogens is 2. The number of anilines is 1. The van der Waals surface area contributed by atoms with Crippen molar-refractivity contribution in [3.05, 3.63) is 64.4 Å². The predicted molar refractivity (Wildman–Crippen MR) is 96.9 cm³/mol. The Bertz CT molecular complexity index is 860. The first-order valence-electron chi connectivity index (χ1n) is 7.85. The van der Waals surface area contributed by atoms with Crippen LogP contribution in [0.1, 0.15) is 5.56 Å². The molecule has 1 heterocycles. The van der Waals surface area contributed by atoms with Gasteiger partial charge in [0.1, 0.15) is 18.4 Å². The van der Waals surface area contributed by atoms with Gasteiger partial charge >= 0.3 is 6.03 Å². The highest BCUT2D eigenvalue weighted by Gasteiger charge is 2.38. The molecule has 134 valence electrons. The normalized spacial score (nSPS) is 16.5. The lowest BCUT2D eigenvalue weighted by molar-refractivity contribution is -0.130. The fourth-order valence-electron chi connectivity index (χ4n) is 2.64. The third-order valence-electron chi connectivity index (χ3n) is 3.90. The molecule has 0 bridgehead atoms. The van der Waals surface area contributed by atoms with Crippen molar-refractivity contribution < 1.29 is 18.8 Å². The van der Waals surface area contributed by atoms with E-state index in [0.717, 1.165) is 10.5 Å². The monoisotopic (exact) mass is 419 g/mol. The van der Waals surface area contributed by atoms with E-state index in [1.54, 1.807) is 6.07 Å². The number of nitrogens with one attached hydrogen (secondary N) is 2. The summed E-state index contributed by atoms with van der Waals surface area (Å²) in [6, 6.07) is 12.1. The molecule has 0 aromatic heterocycles. The minimum atomic E-state index is -0.720. The molecular weight excluding hydrogens is 405 g/mol. The number of hydrogen-bond donors (Lipinski definition) is 2. The molecule has 3 rings (SSSR count). The van der Waals surface area contributed by atoms with Crippen LogP contribution in [0.2, 0.25) is 0 Å². The molecule has 4 amide bonds. The first kappa shape index (κ1) is 18.1. The van der Waals surface area contributed by atoms with E-state index in [-0.39, 0.29) is 5.69 Å². The molecular formula is C18H15BrFN3O3. The number of nitrogens with zero attached hydrogens (tertiary/aromatic N) is 1. The van der Waals surface area contributed by atoms with Gasteiger partial charge < -0.3 is 10.6 Å². The van der Waals surface area contributed by atoms with Crippen LogP contribution in [0.3, 0.4) is 0 Å². The molecule has 0 aliphatic carbocycles. The van der Waals surface area contributed by atoms with Crippen LogP contribution in [0, 0.1) is 5.82 Å². The van der Waals surface area contributed by atoms with Crippen molar-refractivity contribution in [1.82, 2.24) is 10.2 Å². The van der Waals surface area contributed by atoms with Crippen LogP contribution >= 0.6 is 15.9 Å². The predicted octanol–water partition coefficient (Wildman–Crippen LogP) is 2.69. The molecule has 0 saturated carbocycles. The number of amides is 4. The van der Waals surface area contributed by atoms with Gasteiger partial charge in [-0.15, -0.1) is 0 Å². The SMILES string of the molecule is O=C(CN1C(=O)N[C@@H](Cc2ccccc2)C1=O)Nc1ccc(Br)cc1F. The van der Waals surface area contributed by atoms with Crippen molar-refractivity contribution in [3.63, 3.8) is 0 Å². The standard InChI is InChI=1S/C18H15BrFN3O3/c19-12-6-7-14(13(20)9-12)21-16(24)10-23-17(25)15(22-18(23)26)8-11-4-2-1-3-5-11/h1-7,9,15H,8,10H2,(H,21,24)(H,22,26)/t15-/m0/s1. The Balaban J connectivity index is 1.63. The fraction of sp³-hybridized carbons (Fsp3) is 0.167. The molecule has 1 saturated heterocycles. The van der Waals surface area contributed by atoms with Gasteiger partial charge in [0, 0.05) is 10.9 Å². The minimum absolute atomic E-state index is 0.0221. The van der Waals surface area contributed by atoms with Crippen molar-refractivity contribution in [3.8, 4) is 0 Å². The number of rotatable bonds is 5. The average molecular weight is 420 g/mol. The largest absolute Gasteiger partial charge is 0.325 e. The summed E-state index contributed by atoms with van der Waals surface area (Å²) >= 11 is 3.12. The van der Waals surface area contributed by atoms with Crippen molar-refractivity contribution in [1.29, 1.82) is 0 Å². The molecule has 6 nitrogen and oxygen atoms in total. The van der Waals surface area contributed by atoms with E-state index in [9.17, 15) is 18.8 Å². The first-order chi connectivity index (χ1) is 12.4. The Morgan fingerprint density at radius 3 is 2.62 bits per heavy atom. The Labute approximate surface area is 157 Å². The summed E-state index contributed by atoms with van der Waals surface area (Å²) in [6.07, 6.45) is 0.338. The molecule has 0 radical (unpaired) electrons. The summed E-state index contributed by atoms with van der Waals surface area (Å²) in [5, 5.41) is 4.93. The van der Waals surface area contributed by atoms with Gasteiger partial charge in [-0.05, 0) is 23.8 Å². The van der Waals surface area contributed by atoms with E-state index < -0.39 is 36.2 Å². The van der Waals surface area contributed by atoms with Gasteiger partial charge in [-0.3, -0.25) is 14.5 Å². The summed E-state index contributed by atoms with van der Waals surface area (Å²) in [5.41, 5.74) is 0.875. The summed E-state index contributed by atoms with van der Waals surface area (Å²) in [6.45, 7) is -0.481. The van der Waals surface area contributed by atoms with Crippen molar-refractivity contribution in [2.45, 2.75) is 12.5 Å². The summed E-state index contributed by atoms with van der Waals surface area (Å²) < 4.78 is 14.3. The summed E-state index contributed by atoms with van der Waals surface area (Å²) in [5.74, 6) is -1.76. The van der Waals surface area contributed by atoms with Crippen LogP contribution in [-0.2, 0) is 16.0 Å². The Kier molecular flexibility index (Phi) is 5.32. The molecule has 2 aromatic rings. The van der Waals surface area contributed by atoms with E-state index in [1.807, 2.05) is 30.3 Å².